The number of halogens is 1. The number of hydrogen-bond donors (Lipinski definition) is 0. The number of morpholine rings is 2. The molecule has 10 heteroatoms. The van der Waals surface area contributed by atoms with E-state index in [1.807, 2.05) is 17.1 Å². The summed E-state index contributed by atoms with van der Waals surface area (Å²) in [5, 5.41) is 6.71. The van der Waals surface area contributed by atoms with Crippen LogP contribution >= 0.6 is 0 Å². The number of fused-ring (bicyclic) bond motifs is 3. The average molecular weight is 513 g/mol. The molecule has 0 saturated carbocycles. The van der Waals surface area contributed by atoms with Gasteiger partial charge in [-0.05, 0) is 35.4 Å². The van der Waals surface area contributed by atoms with Crippen LogP contribution in [0.15, 0.2) is 52.5 Å². The molecule has 0 N–H and O–H groups in total. The van der Waals surface area contributed by atoms with Crippen LogP contribution in [0.3, 0.4) is 0 Å². The minimum atomic E-state index is -1.42. The molecule has 3 unspecified atom stereocenters. The number of ether oxygens (including phenoxy) is 2. The van der Waals surface area contributed by atoms with Gasteiger partial charge in [-0.15, -0.1) is 0 Å². The molecule has 0 radical (unpaired) electrons. The summed E-state index contributed by atoms with van der Waals surface area (Å²) in [4.78, 5) is 18.1. The molecule has 2 saturated heterocycles. The number of hydrogen-bond acceptors (Lipinski definition) is 7. The van der Waals surface area contributed by atoms with E-state index in [1.165, 1.54) is 17.7 Å². The van der Waals surface area contributed by atoms with Gasteiger partial charge in [0.1, 0.15) is 11.5 Å². The van der Waals surface area contributed by atoms with Gasteiger partial charge in [-0.1, -0.05) is 18.2 Å². The molecule has 2 fully saturated rings. The molecule has 0 spiro atoms. The van der Waals surface area contributed by atoms with Gasteiger partial charge in [-0.3, -0.25) is 18.9 Å². The van der Waals surface area contributed by atoms with E-state index in [-0.39, 0.29) is 23.6 Å². The summed E-state index contributed by atoms with van der Waals surface area (Å²) in [7, 11) is -1.42. The van der Waals surface area contributed by atoms with Crippen molar-refractivity contribution in [2.45, 2.75) is 17.5 Å². The Bertz CT molecular complexity index is 1190. The Balaban J connectivity index is 1.33. The van der Waals surface area contributed by atoms with Gasteiger partial charge in [-0.2, -0.15) is 5.10 Å². The summed E-state index contributed by atoms with van der Waals surface area (Å²) >= 11 is 0. The first-order valence-corrected chi connectivity index (χ1v) is 13.7. The predicted octanol–water partition coefficient (Wildman–Crippen LogP) is 2.17. The third-order valence-corrected chi connectivity index (χ3v) is 8.82. The second-order valence-electron chi connectivity index (χ2n) is 9.54. The van der Waals surface area contributed by atoms with Gasteiger partial charge in [0.05, 0.1) is 49.0 Å². The second-order valence-corrected chi connectivity index (χ2v) is 11.0. The Hall–Kier alpha value is -2.66. The van der Waals surface area contributed by atoms with Gasteiger partial charge in [0.25, 0.3) is 5.91 Å². The molecule has 190 valence electrons. The van der Waals surface area contributed by atoms with Gasteiger partial charge in [0.15, 0.2) is 0 Å². The van der Waals surface area contributed by atoms with Gasteiger partial charge in [0, 0.05) is 49.3 Å². The van der Waals surface area contributed by atoms with Crippen molar-refractivity contribution >= 4 is 28.1 Å². The predicted molar refractivity (Wildman–Crippen MR) is 134 cm³/mol. The van der Waals surface area contributed by atoms with Crippen LogP contribution in [0.25, 0.3) is 0 Å². The van der Waals surface area contributed by atoms with Gasteiger partial charge < -0.3 is 14.4 Å². The Kier molecular flexibility index (Phi) is 6.59. The number of hydrazone groups is 1. The first-order valence-electron chi connectivity index (χ1n) is 12.4. The molecule has 2 aromatic rings. The van der Waals surface area contributed by atoms with E-state index in [0.717, 1.165) is 44.1 Å². The number of nitrogens with zero attached hydrogens (tertiary/aromatic N) is 4. The molecule has 2 aromatic carbocycles. The number of amides is 1. The zero-order valence-electron chi connectivity index (χ0n) is 20.0. The van der Waals surface area contributed by atoms with E-state index in [4.69, 9.17) is 14.6 Å². The van der Waals surface area contributed by atoms with Crippen LogP contribution in [0, 0.1) is 11.7 Å². The molecule has 4 heterocycles. The number of anilines is 1. The third-order valence-electron chi connectivity index (χ3n) is 7.31. The first-order chi connectivity index (χ1) is 17.6. The van der Waals surface area contributed by atoms with E-state index >= 15 is 0 Å². The highest BCUT2D eigenvalue weighted by Crippen LogP contribution is 2.45. The van der Waals surface area contributed by atoms with Crippen molar-refractivity contribution in [3.63, 3.8) is 0 Å². The minimum Gasteiger partial charge on any atom is -0.379 e. The minimum absolute atomic E-state index is 0.137. The number of carbonyl (C=O) groups is 1. The molecule has 3 atom stereocenters. The van der Waals surface area contributed by atoms with Crippen molar-refractivity contribution in [3.05, 3.63) is 59.4 Å². The quantitative estimate of drug-likeness (QED) is 0.625. The molecule has 0 aromatic heterocycles. The second kappa shape index (κ2) is 10.0. The maximum Gasteiger partial charge on any atom is 0.270 e. The molecule has 0 bridgehead atoms. The molecule has 1 amide bonds. The Morgan fingerprint density at radius 2 is 1.69 bits per heavy atom. The maximum atomic E-state index is 14.1. The highest BCUT2D eigenvalue weighted by Gasteiger charge is 2.48. The summed E-state index contributed by atoms with van der Waals surface area (Å²) < 4.78 is 38.0. The van der Waals surface area contributed by atoms with E-state index in [0.29, 0.717) is 36.9 Å². The van der Waals surface area contributed by atoms with Gasteiger partial charge >= 0.3 is 0 Å². The van der Waals surface area contributed by atoms with Crippen LogP contribution in [0.1, 0.15) is 17.2 Å². The van der Waals surface area contributed by atoms with Crippen LogP contribution in [0.4, 0.5) is 10.1 Å². The van der Waals surface area contributed by atoms with Crippen molar-refractivity contribution < 1.29 is 22.9 Å². The van der Waals surface area contributed by atoms with Crippen LogP contribution in [0.5, 0.6) is 0 Å². The van der Waals surface area contributed by atoms with Crippen LogP contribution in [0.2, 0.25) is 0 Å². The molecular weight excluding hydrogens is 483 g/mol. The van der Waals surface area contributed by atoms with Crippen molar-refractivity contribution in [1.29, 1.82) is 0 Å². The highest BCUT2D eigenvalue weighted by atomic mass is 32.2. The molecular formula is C26H29FN4O4S. The highest BCUT2D eigenvalue weighted by molar-refractivity contribution is 7.85. The third kappa shape index (κ3) is 4.47. The fourth-order valence-electron chi connectivity index (χ4n) is 5.41. The molecule has 8 nitrogen and oxygen atoms in total. The SMILES string of the molecule is O=C(C1=NN(c2ccc(CN3CCOCC3)cc2)C2c3ccc(F)cc3S(=O)CC12)N1CCOCC1. The Labute approximate surface area is 212 Å². The fraction of sp³-hybridized carbons (Fsp3) is 0.462. The monoisotopic (exact) mass is 512 g/mol. The number of benzene rings is 2. The summed E-state index contributed by atoms with van der Waals surface area (Å²) in [6.45, 7) is 6.20. The zero-order chi connectivity index (χ0) is 24.6. The first kappa shape index (κ1) is 23.7. The van der Waals surface area contributed by atoms with Crippen molar-refractivity contribution in [2.75, 3.05) is 63.4 Å². The van der Waals surface area contributed by atoms with E-state index in [1.54, 1.807) is 11.0 Å². The summed E-state index contributed by atoms with van der Waals surface area (Å²) in [5.41, 5.74) is 3.22. The normalized spacial score (nSPS) is 26.4. The largest absolute Gasteiger partial charge is 0.379 e. The lowest BCUT2D eigenvalue weighted by molar-refractivity contribution is -0.128. The Morgan fingerprint density at radius 1 is 1.00 bits per heavy atom. The summed E-state index contributed by atoms with van der Waals surface area (Å²) in [6, 6.07) is 12.3. The fourth-order valence-corrected chi connectivity index (χ4v) is 6.95. The topological polar surface area (TPSA) is 74.7 Å². The number of carbonyl (C=O) groups excluding carboxylic acids is 1. The van der Waals surface area contributed by atoms with Gasteiger partial charge in [-0.25, -0.2) is 4.39 Å². The van der Waals surface area contributed by atoms with Crippen molar-refractivity contribution in [3.8, 4) is 0 Å². The Morgan fingerprint density at radius 3 is 2.42 bits per heavy atom. The van der Waals surface area contributed by atoms with Crippen LogP contribution in [-0.4, -0.2) is 84.0 Å². The number of rotatable bonds is 4. The standard InChI is InChI=1S/C26H29FN4O4S/c27-19-3-6-21-23(15-19)36(33)17-22-24(26(32)30-9-13-35-14-10-30)28-31(25(21)22)20-4-1-18(2-5-20)16-29-7-11-34-12-8-29/h1-6,15,22,25H,7-14,16-17H2. The maximum absolute atomic E-state index is 14.1. The van der Waals surface area contributed by atoms with E-state index < -0.39 is 16.6 Å². The van der Waals surface area contributed by atoms with Crippen molar-refractivity contribution in [2.24, 2.45) is 11.0 Å². The zero-order valence-corrected chi connectivity index (χ0v) is 20.8. The lowest BCUT2D eigenvalue weighted by atomic mass is 9.89. The average Bonchev–Trinajstić information content (AvgIpc) is 3.29. The lowest BCUT2D eigenvalue weighted by Gasteiger charge is -2.34. The molecule has 36 heavy (non-hydrogen) atoms. The molecule has 4 aliphatic rings. The summed E-state index contributed by atoms with van der Waals surface area (Å²) in [6.07, 6.45) is 0. The van der Waals surface area contributed by atoms with E-state index in [9.17, 15) is 13.4 Å². The smallest absolute Gasteiger partial charge is 0.270 e. The summed E-state index contributed by atoms with van der Waals surface area (Å²) in [5.74, 6) is -0.653. The molecule has 0 aliphatic carbocycles. The molecule has 4 aliphatic heterocycles. The van der Waals surface area contributed by atoms with Crippen LogP contribution in [-0.2, 0) is 31.6 Å². The van der Waals surface area contributed by atoms with Crippen molar-refractivity contribution in [1.82, 2.24) is 9.80 Å². The van der Waals surface area contributed by atoms with Gasteiger partial charge in [0.2, 0.25) is 0 Å². The lowest BCUT2D eigenvalue weighted by Crippen LogP contribution is -2.46. The van der Waals surface area contributed by atoms with E-state index in [2.05, 4.69) is 17.0 Å². The van der Waals surface area contributed by atoms with Crippen LogP contribution < -0.4 is 5.01 Å². The molecule has 6 rings (SSSR count).